The van der Waals surface area contributed by atoms with Gasteiger partial charge in [-0.05, 0) is 71.9 Å². The molecule has 4 nitrogen and oxygen atoms in total. The molecule has 1 aromatic carbocycles. The van der Waals surface area contributed by atoms with E-state index >= 15 is 0 Å². The maximum absolute atomic E-state index is 12.3. The third-order valence-corrected chi connectivity index (χ3v) is 4.50. The zero-order valence-electron chi connectivity index (χ0n) is 12.4. The van der Waals surface area contributed by atoms with Gasteiger partial charge < -0.3 is 10.1 Å². The molecule has 0 saturated heterocycles. The number of rotatable bonds is 4. The number of hydrogen-bond acceptors (Lipinski definition) is 3. The normalized spacial score (nSPS) is 14.7. The van der Waals surface area contributed by atoms with E-state index in [9.17, 15) is 4.79 Å². The Morgan fingerprint density at radius 2 is 1.96 bits per heavy atom. The van der Waals surface area contributed by atoms with Crippen LogP contribution in [0.1, 0.15) is 36.0 Å². The van der Waals surface area contributed by atoms with E-state index in [1.807, 2.05) is 24.3 Å². The smallest absolute Gasteiger partial charge is 0.258 e. The lowest BCUT2D eigenvalue weighted by atomic mass is 10.2. The summed E-state index contributed by atoms with van der Waals surface area (Å²) >= 11 is 9.25. The average molecular weight is 396 g/mol. The second-order valence-corrected chi connectivity index (χ2v) is 6.77. The topological polar surface area (TPSA) is 51.2 Å². The fourth-order valence-corrected chi connectivity index (χ4v) is 3.12. The number of carbonyl (C=O) groups is 1. The summed E-state index contributed by atoms with van der Waals surface area (Å²) < 4.78 is 6.61. The molecule has 0 atom stereocenters. The van der Waals surface area contributed by atoms with Crippen LogP contribution in [0.2, 0.25) is 5.15 Å². The molecule has 0 aliphatic heterocycles. The molecule has 2 aromatic rings. The van der Waals surface area contributed by atoms with Crippen molar-refractivity contribution in [3.63, 3.8) is 0 Å². The summed E-state index contributed by atoms with van der Waals surface area (Å²) in [5.74, 6) is 0.533. The zero-order valence-corrected chi connectivity index (χ0v) is 14.7. The van der Waals surface area contributed by atoms with E-state index in [4.69, 9.17) is 16.3 Å². The number of pyridine rings is 1. The minimum atomic E-state index is -0.298. The average Bonchev–Trinajstić information content (AvgIpc) is 3.04. The lowest BCUT2D eigenvalue weighted by Crippen LogP contribution is -2.13. The van der Waals surface area contributed by atoms with Gasteiger partial charge in [0, 0.05) is 16.4 Å². The Labute approximate surface area is 148 Å². The molecular formula is C17H16BrClN2O2. The van der Waals surface area contributed by atoms with Crippen LogP contribution in [0.5, 0.6) is 5.75 Å². The standard InChI is InChI=1S/C17H16BrClN2O2/c18-11-9-15(16(19)20-10-11)17(22)21-12-5-7-14(8-6-12)23-13-3-1-2-4-13/h5-10,13H,1-4H2,(H,21,22). The highest BCUT2D eigenvalue weighted by Gasteiger charge is 2.16. The van der Waals surface area contributed by atoms with E-state index in [2.05, 4.69) is 26.2 Å². The van der Waals surface area contributed by atoms with E-state index in [-0.39, 0.29) is 11.1 Å². The molecule has 1 aliphatic rings. The van der Waals surface area contributed by atoms with Crippen LogP contribution in [-0.2, 0) is 0 Å². The van der Waals surface area contributed by atoms with Crippen LogP contribution in [0.4, 0.5) is 5.69 Å². The summed E-state index contributed by atoms with van der Waals surface area (Å²) in [5, 5.41) is 2.98. The Kier molecular flexibility index (Phi) is 5.18. The van der Waals surface area contributed by atoms with Crippen LogP contribution >= 0.6 is 27.5 Å². The van der Waals surface area contributed by atoms with Crippen LogP contribution in [0, 0.1) is 0 Å². The molecule has 0 spiro atoms. The van der Waals surface area contributed by atoms with Crippen molar-refractivity contribution in [3.8, 4) is 5.75 Å². The molecule has 23 heavy (non-hydrogen) atoms. The molecule has 6 heteroatoms. The highest BCUT2D eigenvalue weighted by Crippen LogP contribution is 2.25. The van der Waals surface area contributed by atoms with E-state index in [1.165, 1.54) is 12.8 Å². The molecule has 120 valence electrons. The van der Waals surface area contributed by atoms with Gasteiger partial charge >= 0.3 is 0 Å². The molecule has 1 fully saturated rings. The van der Waals surface area contributed by atoms with Gasteiger partial charge in [0.1, 0.15) is 10.9 Å². The van der Waals surface area contributed by atoms with Crippen LogP contribution in [0.25, 0.3) is 0 Å². The number of anilines is 1. The van der Waals surface area contributed by atoms with Crippen molar-refractivity contribution in [2.45, 2.75) is 31.8 Å². The summed E-state index contributed by atoms with van der Waals surface area (Å²) in [6.07, 6.45) is 6.58. The van der Waals surface area contributed by atoms with Crippen molar-refractivity contribution < 1.29 is 9.53 Å². The van der Waals surface area contributed by atoms with Gasteiger partial charge in [0.25, 0.3) is 5.91 Å². The number of amides is 1. The van der Waals surface area contributed by atoms with E-state index in [1.54, 1.807) is 12.3 Å². The van der Waals surface area contributed by atoms with Gasteiger partial charge in [0.15, 0.2) is 0 Å². The molecular weight excluding hydrogens is 380 g/mol. The SMILES string of the molecule is O=C(Nc1ccc(OC2CCCC2)cc1)c1cc(Br)cnc1Cl. The first-order chi connectivity index (χ1) is 11.1. The lowest BCUT2D eigenvalue weighted by Gasteiger charge is -2.13. The number of carbonyl (C=O) groups excluding carboxylic acids is 1. The maximum Gasteiger partial charge on any atom is 0.258 e. The quantitative estimate of drug-likeness (QED) is 0.735. The van der Waals surface area contributed by atoms with E-state index in [0.717, 1.165) is 18.6 Å². The van der Waals surface area contributed by atoms with Crippen molar-refractivity contribution in [1.82, 2.24) is 4.98 Å². The first-order valence-corrected chi connectivity index (χ1v) is 8.68. The van der Waals surface area contributed by atoms with Gasteiger partial charge in [0.2, 0.25) is 0 Å². The molecule has 1 aliphatic carbocycles. The van der Waals surface area contributed by atoms with Crippen molar-refractivity contribution in [2.75, 3.05) is 5.32 Å². The molecule has 1 aromatic heterocycles. The number of nitrogens with one attached hydrogen (secondary N) is 1. The summed E-state index contributed by atoms with van der Waals surface area (Å²) in [5.41, 5.74) is 1.01. The minimum absolute atomic E-state index is 0.173. The molecule has 1 amide bonds. The zero-order chi connectivity index (χ0) is 16.2. The fourth-order valence-electron chi connectivity index (χ4n) is 2.60. The Morgan fingerprint density at radius 1 is 1.26 bits per heavy atom. The Morgan fingerprint density at radius 3 is 2.65 bits per heavy atom. The first kappa shape index (κ1) is 16.3. The monoisotopic (exact) mass is 394 g/mol. The van der Waals surface area contributed by atoms with Gasteiger partial charge in [-0.1, -0.05) is 11.6 Å². The summed E-state index contributed by atoms with van der Waals surface area (Å²) in [4.78, 5) is 16.2. The third kappa shape index (κ3) is 4.24. The fraction of sp³-hybridized carbons (Fsp3) is 0.294. The Bertz CT molecular complexity index is 700. The molecule has 0 bridgehead atoms. The second kappa shape index (κ2) is 7.32. The number of nitrogens with zero attached hydrogens (tertiary/aromatic N) is 1. The highest BCUT2D eigenvalue weighted by molar-refractivity contribution is 9.10. The van der Waals surface area contributed by atoms with Crippen molar-refractivity contribution >= 4 is 39.1 Å². The predicted molar refractivity (Wildman–Crippen MR) is 94.2 cm³/mol. The molecule has 1 N–H and O–H groups in total. The number of hydrogen-bond donors (Lipinski definition) is 1. The van der Waals surface area contributed by atoms with Crippen LogP contribution in [0.15, 0.2) is 41.0 Å². The second-order valence-electron chi connectivity index (χ2n) is 5.49. The number of halogens is 2. The Balaban J connectivity index is 1.65. The maximum atomic E-state index is 12.3. The molecule has 1 saturated carbocycles. The summed E-state index contributed by atoms with van der Waals surface area (Å²) in [7, 11) is 0. The Hall–Kier alpha value is -1.59. The van der Waals surface area contributed by atoms with Gasteiger partial charge in [0.05, 0.1) is 11.7 Å². The number of benzene rings is 1. The third-order valence-electron chi connectivity index (χ3n) is 3.77. The molecule has 0 radical (unpaired) electrons. The minimum Gasteiger partial charge on any atom is -0.490 e. The first-order valence-electron chi connectivity index (χ1n) is 7.51. The predicted octanol–water partition coefficient (Wildman–Crippen LogP) is 5.07. The number of ether oxygens (including phenoxy) is 1. The van der Waals surface area contributed by atoms with Crippen molar-refractivity contribution in [2.24, 2.45) is 0 Å². The lowest BCUT2D eigenvalue weighted by molar-refractivity contribution is 0.102. The molecule has 0 unspecified atom stereocenters. The van der Waals surface area contributed by atoms with Gasteiger partial charge in [-0.3, -0.25) is 4.79 Å². The van der Waals surface area contributed by atoms with Gasteiger partial charge in [-0.2, -0.15) is 0 Å². The van der Waals surface area contributed by atoms with Crippen LogP contribution < -0.4 is 10.1 Å². The van der Waals surface area contributed by atoms with Gasteiger partial charge in [-0.15, -0.1) is 0 Å². The van der Waals surface area contributed by atoms with Crippen LogP contribution in [-0.4, -0.2) is 17.0 Å². The summed E-state index contributed by atoms with van der Waals surface area (Å²) in [6, 6.07) is 9.02. The highest BCUT2D eigenvalue weighted by atomic mass is 79.9. The van der Waals surface area contributed by atoms with Crippen molar-refractivity contribution in [1.29, 1.82) is 0 Å². The molecule has 1 heterocycles. The largest absolute Gasteiger partial charge is 0.490 e. The van der Waals surface area contributed by atoms with E-state index < -0.39 is 0 Å². The summed E-state index contributed by atoms with van der Waals surface area (Å²) in [6.45, 7) is 0. The van der Waals surface area contributed by atoms with Crippen molar-refractivity contribution in [3.05, 3.63) is 51.7 Å². The van der Waals surface area contributed by atoms with E-state index in [0.29, 0.717) is 21.8 Å². The van der Waals surface area contributed by atoms with Crippen LogP contribution in [0.3, 0.4) is 0 Å². The molecule has 3 rings (SSSR count). The number of aromatic nitrogens is 1. The van der Waals surface area contributed by atoms with Gasteiger partial charge in [-0.25, -0.2) is 4.98 Å².